The molecule has 0 spiro atoms. The lowest BCUT2D eigenvalue weighted by atomic mass is 9.72. The maximum atomic E-state index is 12.0. The van der Waals surface area contributed by atoms with Gasteiger partial charge in [-0.2, -0.15) is 5.26 Å². The summed E-state index contributed by atoms with van der Waals surface area (Å²) >= 11 is 0. The van der Waals surface area contributed by atoms with Gasteiger partial charge in [0.15, 0.2) is 5.92 Å². The number of carbonyl (C=O) groups is 3. The highest BCUT2D eigenvalue weighted by Gasteiger charge is 2.44. The van der Waals surface area contributed by atoms with Gasteiger partial charge in [-0.25, -0.2) is 0 Å². The smallest absolute Gasteiger partial charge is 0.323 e. The average molecular weight is 313 g/mol. The number of nitrogens with zero attached hydrogens (tertiary/aromatic N) is 1. The van der Waals surface area contributed by atoms with Crippen LogP contribution >= 0.6 is 0 Å². The van der Waals surface area contributed by atoms with Crippen LogP contribution in [0.15, 0.2) is 0 Å². The van der Waals surface area contributed by atoms with Crippen LogP contribution in [0.2, 0.25) is 0 Å². The van der Waals surface area contributed by atoms with Gasteiger partial charge in [0.05, 0.1) is 38.7 Å². The molecule has 0 aromatic carbocycles. The van der Waals surface area contributed by atoms with E-state index in [9.17, 15) is 19.6 Å². The van der Waals surface area contributed by atoms with Crippen molar-refractivity contribution in [3.63, 3.8) is 0 Å². The highest BCUT2D eigenvalue weighted by molar-refractivity contribution is 5.81. The molecule has 0 heterocycles. The van der Waals surface area contributed by atoms with Crippen LogP contribution in [-0.2, 0) is 28.6 Å². The second-order valence-electron chi connectivity index (χ2n) is 4.93. The maximum Gasteiger partial charge on any atom is 0.323 e. The SMILES string of the molecule is CCOC(=O)CC(C)(CC(=O)OCC)C(C#N)C(=O)OCC. The number of hydrogen-bond acceptors (Lipinski definition) is 7. The minimum atomic E-state index is -1.26. The van der Waals surface area contributed by atoms with E-state index in [0.717, 1.165) is 0 Å². The quantitative estimate of drug-likeness (QED) is 0.470. The fraction of sp³-hybridized carbons (Fsp3) is 0.733. The molecule has 1 unspecified atom stereocenters. The molecule has 0 aliphatic heterocycles. The normalized spacial score (nSPS) is 12.0. The molecule has 0 saturated heterocycles. The number of hydrogen-bond donors (Lipinski definition) is 0. The van der Waals surface area contributed by atoms with Crippen LogP contribution in [0.25, 0.3) is 0 Å². The minimum Gasteiger partial charge on any atom is -0.466 e. The molecule has 0 aromatic heterocycles. The molecule has 0 fully saturated rings. The van der Waals surface area contributed by atoms with Crippen LogP contribution < -0.4 is 0 Å². The molecule has 0 saturated carbocycles. The van der Waals surface area contributed by atoms with Crippen LogP contribution in [-0.4, -0.2) is 37.7 Å². The Morgan fingerprint density at radius 3 is 1.68 bits per heavy atom. The lowest BCUT2D eigenvalue weighted by Crippen LogP contribution is -2.38. The topological polar surface area (TPSA) is 103 Å². The van der Waals surface area contributed by atoms with E-state index in [1.54, 1.807) is 20.8 Å². The van der Waals surface area contributed by atoms with Gasteiger partial charge >= 0.3 is 17.9 Å². The second-order valence-corrected chi connectivity index (χ2v) is 4.93. The van der Waals surface area contributed by atoms with Crippen molar-refractivity contribution in [1.29, 1.82) is 5.26 Å². The fourth-order valence-corrected chi connectivity index (χ4v) is 2.07. The third-order valence-electron chi connectivity index (χ3n) is 3.06. The minimum absolute atomic E-state index is 0.103. The lowest BCUT2D eigenvalue weighted by molar-refractivity contribution is -0.156. The first-order chi connectivity index (χ1) is 10.3. The Labute approximate surface area is 130 Å². The van der Waals surface area contributed by atoms with Gasteiger partial charge < -0.3 is 14.2 Å². The van der Waals surface area contributed by atoms with E-state index in [1.807, 2.05) is 6.07 Å². The molecule has 1 atom stereocenters. The highest BCUT2D eigenvalue weighted by Crippen LogP contribution is 2.36. The Hall–Kier alpha value is -2.10. The van der Waals surface area contributed by atoms with Gasteiger partial charge in [0.1, 0.15) is 0 Å². The molecule has 7 heteroatoms. The first-order valence-corrected chi connectivity index (χ1v) is 7.22. The van der Waals surface area contributed by atoms with Crippen LogP contribution in [0.3, 0.4) is 0 Å². The van der Waals surface area contributed by atoms with Crippen molar-refractivity contribution in [2.75, 3.05) is 19.8 Å². The standard InChI is InChI=1S/C15H23NO6/c1-5-20-12(17)8-15(4,9-13(18)21-6-2)11(10-16)14(19)22-7-3/h11H,5-9H2,1-4H3. The van der Waals surface area contributed by atoms with Crippen molar-refractivity contribution in [1.82, 2.24) is 0 Å². The molecular formula is C15H23NO6. The first kappa shape index (κ1) is 19.9. The molecule has 0 aromatic rings. The van der Waals surface area contributed by atoms with Crippen molar-refractivity contribution < 1.29 is 28.6 Å². The third-order valence-corrected chi connectivity index (χ3v) is 3.06. The molecule has 124 valence electrons. The van der Waals surface area contributed by atoms with E-state index < -0.39 is 29.2 Å². The first-order valence-electron chi connectivity index (χ1n) is 7.22. The predicted octanol–water partition coefficient (Wildman–Crippen LogP) is 1.60. The highest BCUT2D eigenvalue weighted by atomic mass is 16.5. The van der Waals surface area contributed by atoms with Crippen LogP contribution in [0.1, 0.15) is 40.5 Å². The van der Waals surface area contributed by atoms with Crippen LogP contribution in [0.5, 0.6) is 0 Å². The van der Waals surface area contributed by atoms with Gasteiger partial charge in [0, 0.05) is 5.41 Å². The van der Waals surface area contributed by atoms with Gasteiger partial charge in [-0.05, 0) is 20.8 Å². The monoisotopic (exact) mass is 313 g/mol. The molecule has 0 bridgehead atoms. The summed E-state index contributed by atoms with van der Waals surface area (Å²) in [6, 6.07) is 1.83. The molecule has 22 heavy (non-hydrogen) atoms. The summed E-state index contributed by atoms with van der Waals surface area (Å²) in [4.78, 5) is 35.5. The number of ether oxygens (including phenoxy) is 3. The van der Waals surface area contributed by atoms with Crippen LogP contribution in [0, 0.1) is 22.7 Å². The summed E-state index contributed by atoms with van der Waals surface area (Å²) in [6.07, 6.45) is -0.507. The van der Waals surface area contributed by atoms with Gasteiger partial charge in [-0.15, -0.1) is 0 Å². The Morgan fingerprint density at radius 2 is 1.36 bits per heavy atom. The van der Waals surface area contributed by atoms with Crippen LogP contribution in [0.4, 0.5) is 0 Å². The summed E-state index contributed by atoms with van der Waals surface area (Å²) in [5.74, 6) is -3.19. The van der Waals surface area contributed by atoms with Gasteiger partial charge in [0.25, 0.3) is 0 Å². The van der Waals surface area contributed by atoms with E-state index in [0.29, 0.717) is 0 Å². The zero-order chi connectivity index (χ0) is 17.2. The average Bonchev–Trinajstić information content (AvgIpc) is 2.39. The van der Waals surface area contributed by atoms with E-state index in [4.69, 9.17) is 14.2 Å². The van der Waals surface area contributed by atoms with Crippen molar-refractivity contribution in [3.8, 4) is 6.07 Å². The molecule has 0 aliphatic carbocycles. The molecule has 0 rings (SSSR count). The molecule has 0 amide bonds. The fourth-order valence-electron chi connectivity index (χ4n) is 2.07. The molecule has 0 radical (unpaired) electrons. The van der Waals surface area contributed by atoms with Gasteiger partial charge in [-0.1, -0.05) is 6.92 Å². The Balaban J connectivity index is 5.35. The summed E-state index contributed by atoms with van der Waals surface area (Å²) in [5, 5.41) is 9.29. The molecule has 0 aliphatic rings. The summed E-state index contributed by atoms with van der Waals surface area (Å²) in [7, 11) is 0. The zero-order valence-corrected chi connectivity index (χ0v) is 13.5. The van der Waals surface area contributed by atoms with E-state index in [2.05, 4.69) is 0 Å². The Morgan fingerprint density at radius 1 is 0.955 bits per heavy atom. The summed E-state index contributed by atoms with van der Waals surface area (Å²) < 4.78 is 14.6. The van der Waals surface area contributed by atoms with Crippen molar-refractivity contribution in [2.24, 2.45) is 11.3 Å². The Bertz CT molecular complexity index is 420. The molecular weight excluding hydrogens is 290 g/mol. The largest absolute Gasteiger partial charge is 0.466 e. The summed E-state index contributed by atoms with van der Waals surface area (Å²) in [6.45, 7) is 6.86. The van der Waals surface area contributed by atoms with Gasteiger partial charge in [-0.3, -0.25) is 14.4 Å². The van der Waals surface area contributed by atoms with E-state index in [-0.39, 0.29) is 32.7 Å². The number of rotatable bonds is 9. The number of esters is 3. The van der Waals surface area contributed by atoms with E-state index >= 15 is 0 Å². The van der Waals surface area contributed by atoms with Gasteiger partial charge in [0.2, 0.25) is 0 Å². The molecule has 7 nitrogen and oxygen atoms in total. The van der Waals surface area contributed by atoms with Crippen molar-refractivity contribution in [2.45, 2.75) is 40.5 Å². The Kier molecular flexibility index (Phi) is 8.83. The van der Waals surface area contributed by atoms with E-state index in [1.165, 1.54) is 6.92 Å². The third kappa shape index (κ3) is 6.12. The molecule has 0 N–H and O–H groups in total. The maximum absolute atomic E-state index is 12.0. The predicted molar refractivity (Wildman–Crippen MR) is 76.3 cm³/mol. The number of nitriles is 1. The zero-order valence-electron chi connectivity index (χ0n) is 13.5. The van der Waals surface area contributed by atoms with Crippen molar-refractivity contribution in [3.05, 3.63) is 0 Å². The summed E-state index contributed by atoms with van der Waals surface area (Å²) in [5.41, 5.74) is -1.25. The lowest BCUT2D eigenvalue weighted by Gasteiger charge is -2.30. The van der Waals surface area contributed by atoms with Crippen molar-refractivity contribution >= 4 is 17.9 Å². The number of carbonyl (C=O) groups excluding carboxylic acids is 3. The second kappa shape index (κ2) is 9.77.